The first-order valence-corrected chi connectivity index (χ1v) is 9.76. The lowest BCUT2D eigenvalue weighted by Crippen LogP contribution is -2.24. The average Bonchev–Trinajstić information content (AvgIpc) is 3.18. The number of carbonyl (C=O) groups excluding carboxylic acids is 1. The molecule has 0 atom stereocenters. The molecule has 5 nitrogen and oxygen atoms in total. The van der Waals surface area contributed by atoms with Crippen LogP contribution in [0.3, 0.4) is 0 Å². The van der Waals surface area contributed by atoms with Gasteiger partial charge in [0, 0.05) is 47.6 Å². The SMILES string of the molecule is CCCc1cc(OCC)c2ccc(C(=O)NCCCC3=NC=CC3)cc2n1. The van der Waals surface area contributed by atoms with Crippen molar-refractivity contribution in [2.45, 2.75) is 46.0 Å². The molecule has 0 aliphatic carbocycles. The number of amides is 1. The summed E-state index contributed by atoms with van der Waals surface area (Å²) < 4.78 is 5.78. The number of rotatable bonds is 9. The van der Waals surface area contributed by atoms with Crippen molar-refractivity contribution in [1.29, 1.82) is 0 Å². The van der Waals surface area contributed by atoms with Crippen LogP contribution in [0.15, 0.2) is 41.5 Å². The Kier molecular flexibility index (Phi) is 6.58. The molecule has 1 amide bonds. The predicted molar refractivity (Wildman–Crippen MR) is 110 cm³/mol. The molecule has 0 bridgehead atoms. The molecular formula is C22H27N3O2. The Morgan fingerprint density at radius 2 is 2.11 bits per heavy atom. The van der Waals surface area contributed by atoms with E-state index in [1.54, 1.807) is 0 Å². The summed E-state index contributed by atoms with van der Waals surface area (Å²) in [6.45, 7) is 5.35. The lowest BCUT2D eigenvalue weighted by Gasteiger charge is -2.11. The third-order valence-electron chi connectivity index (χ3n) is 4.54. The van der Waals surface area contributed by atoms with Crippen molar-refractivity contribution in [3.63, 3.8) is 0 Å². The maximum Gasteiger partial charge on any atom is 0.251 e. The first-order chi connectivity index (χ1) is 13.2. The number of fused-ring (bicyclic) bond motifs is 1. The molecule has 0 radical (unpaired) electrons. The molecule has 2 aromatic rings. The van der Waals surface area contributed by atoms with E-state index in [0.29, 0.717) is 18.7 Å². The number of pyridine rings is 1. The van der Waals surface area contributed by atoms with E-state index >= 15 is 0 Å². The zero-order valence-corrected chi connectivity index (χ0v) is 16.1. The largest absolute Gasteiger partial charge is 0.493 e. The number of benzene rings is 1. The van der Waals surface area contributed by atoms with Crippen LogP contribution in [0.2, 0.25) is 0 Å². The Labute approximate surface area is 160 Å². The van der Waals surface area contributed by atoms with Crippen LogP contribution in [0.25, 0.3) is 10.9 Å². The van der Waals surface area contributed by atoms with Crippen LogP contribution in [0.5, 0.6) is 5.75 Å². The number of allylic oxidation sites excluding steroid dienone is 1. The van der Waals surface area contributed by atoms with Gasteiger partial charge < -0.3 is 10.1 Å². The number of hydrogen-bond donors (Lipinski definition) is 1. The quantitative estimate of drug-likeness (QED) is 0.668. The second-order valence-corrected chi connectivity index (χ2v) is 6.67. The predicted octanol–water partition coefficient (Wildman–Crippen LogP) is 4.45. The summed E-state index contributed by atoms with van der Waals surface area (Å²) in [4.78, 5) is 21.5. The number of nitrogens with zero attached hydrogens (tertiary/aromatic N) is 2. The van der Waals surface area contributed by atoms with E-state index in [2.05, 4.69) is 23.3 Å². The molecule has 1 N–H and O–H groups in total. The molecule has 5 heteroatoms. The Bertz CT molecular complexity index is 871. The molecule has 1 aliphatic heterocycles. The average molecular weight is 365 g/mol. The zero-order chi connectivity index (χ0) is 19.1. The Morgan fingerprint density at radius 3 is 2.85 bits per heavy atom. The molecular weight excluding hydrogens is 338 g/mol. The molecule has 0 spiro atoms. The summed E-state index contributed by atoms with van der Waals surface area (Å²) in [6.07, 6.45) is 8.57. The number of aryl methyl sites for hydroxylation is 1. The summed E-state index contributed by atoms with van der Waals surface area (Å²) in [5.41, 5.74) is 3.62. The smallest absolute Gasteiger partial charge is 0.251 e. The highest BCUT2D eigenvalue weighted by molar-refractivity contribution is 5.99. The first kappa shape index (κ1) is 19.1. The fourth-order valence-corrected chi connectivity index (χ4v) is 3.21. The maximum absolute atomic E-state index is 12.5. The molecule has 0 fully saturated rings. The van der Waals surface area contributed by atoms with Gasteiger partial charge in [0.15, 0.2) is 0 Å². The molecule has 0 saturated carbocycles. The highest BCUT2D eigenvalue weighted by Gasteiger charge is 2.11. The fourth-order valence-electron chi connectivity index (χ4n) is 3.21. The molecule has 1 aromatic carbocycles. The lowest BCUT2D eigenvalue weighted by atomic mass is 10.1. The number of aliphatic imine (C=N–C) groups is 1. The van der Waals surface area contributed by atoms with Crippen LogP contribution < -0.4 is 10.1 Å². The van der Waals surface area contributed by atoms with Crippen molar-refractivity contribution < 1.29 is 9.53 Å². The number of ether oxygens (including phenoxy) is 1. The van der Waals surface area contributed by atoms with Crippen molar-refractivity contribution >= 4 is 22.5 Å². The van der Waals surface area contributed by atoms with Crippen molar-refractivity contribution in [2.75, 3.05) is 13.2 Å². The van der Waals surface area contributed by atoms with E-state index in [1.807, 2.05) is 37.4 Å². The lowest BCUT2D eigenvalue weighted by molar-refractivity contribution is 0.0953. The Morgan fingerprint density at radius 1 is 1.22 bits per heavy atom. The summed E-state index contributed by atoms with van der Waals surface area (Å²) in [6, 6.07) is 7.64. The van der Waals surface area contributed by atoms with E-state index in [1.165, 1.54) is 5.71 Å². The first-order valence-electron chi connectivity index (χ1n) is 9.76. The monoisotopic (exact) mass is 365 g/mol. The van der Waals surface area contributed by atoms with Gasteiger partial charge in [-0.05, 0) is 44.4 Å². The normalized spacial score (nSPS) is 13.0. The Balaban J connectivity index is 1.69. The minimum atomic E-state index is -0.0657. The van der Waals surface area contributed by atoms with Gasteiger partial charge in [0.25, 0.3) is 5.91 Å². The molecule has 1 aromatic heterocycles. The van der Waals surface area contributed by atoms with Crippen LogP contribution >= 0.6 is 0 Å². The van der Waals surface area contributed by atoms with Crippen molar-refractivity contribution in [3.8, 4) is 5.75 Å². The van der Waals surface area contributed by atoms with Crippen molar-refractivity contribution in [1.82, 2.24) is 10.3 Å². The van der Waals surface area contributed by atoms with Gasteiger partial charge in [-0.3, -0.25) is 14.8 Å². The number of carbonyl (C=O) groups is 1. The van der Waals surface area contributed by atoms with E-state index < -0.39 is 0 Å². The van der Waals surface area contributed by atoms with E-state index in [4.69, 9.17) is 9.72 Å². The zero-order valence-electron chi connectivity index (χ0n) is 16.1. The second-order valence-electron chi connectivity index (χ2n) is 6.67. The van der Waals surface area contributed by atoms with Crippen molar-refractivity contribution in [3.05, 3.63) is 47.8 Å². The Hall–Kier alpha value is -2.69. The van der Waals surface area contributed by atoms with Gasteiger partial charge in [0.2, 0.25) is 0 Å². The molecule has 0 unspecified atom stereocenters. The molecule has 27 heavy (non-hydrogen) atoms. The molecule has 3 rings (SSSR count). The van der Waals surface area contributed by atoms with Crippen LogP contribution in [0.4, 0.5) is 0 Å². The van der Waals surface area contributed by atoms with Gasteiger partial charge in [0.1, 0.15) is 5.75 Å². The van der Waals surface area contributed by atoms with Crippen LogP contribution in [-0.2, 0) is 6.42 Å². The molecule has 0 saturated heterocycles. The minimum Gasteiger partial charge on any atom is -0.493 e. The highest BCUT2D eigenvalue weighted by atomic mass is 16.5. The maximum atomic E-state index is 12.5. The van der Waals surface area contributed by atoms with Gasteiger partial charge in [-0.2, -0.15) is 0 Å². The molecule has 2 heterocycles. The van der Waals surface area contributed by atoms with Gasteiger partial charge in [-0.15, -0.1) is 0 Å². The van der Waals surface area contributed by atoms with Crippen molar-refractivity contribution in [2.24, 2.45) is 4.99 Å². The van der Waals surface area contributed by atoms with E-state index in [0.717, 1.165) is 54.5 Å². The number of hydrogen-bond acceptors (Lipinski definition) is 4. The summed E-state index contributed by atoms with van der Waals surface area (Å²) in [5, 5.41) is 3.94. The minimum absolute atomic E-state index is 0.0657. The van der Waals surface area contributed by atoms with Gasteiger partial charge in [-0.25, -0.2) is 0 Å². The standard InChI is InChI=1S/C22H27N3O2/c1-3-7-18-15-21(27-4-2)19-11-10-16(14-20(19)25-18)22(26)24-13-6-9-17-8-5-12-23-17/h5,10-12,14-15H,3-4,6-9,13H2,1-2H3,(H,24,26). The second kappa shape index (κ2) is 9.31. The van der Waals surface area contributed by atoms with Crippen LogP contribution in [0.1, 0.15) is 55.6 Å². The van der Waals surface area contributed by atoms with Gasteiger partial charge >= 0.3 is 0 Å². The third kappa shape index (κ3) is 4.94. The molecule has 142 valence electrons. The summed E-state index contributed by atoms with van der Waals surface area (Å²) >= 11 is 0. The van der Waals surface area contributed by atoms with Crippen LogP contribution in [0, 0.1) is 0 Å². The summed E-state index contributed by atoms with van der Waals surface area (Å²) in [5.74, 6) is 0.771. The van der Waals surface area contributed by atoms with E-state index in [9.17, 15) is 4.79 Å². The fraction of sp³-hybridized carbons (Fsp3) is 0.409. The topological polar surface area (TPSA) is 63.6 Å². The molecule has 1 aliphatic rings. The highest BCUT2D eigenvalue weighted by Crippen LogP contribution is 2.27. The van der Waals surface area contributed by atoms with Gasteiger partial charge in [-0.1, -0.05) is 19.4 Å². The summed E-state index contributed by atoms with van der Waals surface area (Å²) in [7, 11) is 0. The van der Waals surface area contributed by atoms with E-state index in [-0.39, 0.29) is 5.91 Å². The number of nitrogens with one attached hydrogen (secondary N) is 1. The third-order valence-corrected chi connectivity index (χ3v) is 4.54. The van der Waals surface area contributed by atoms with Gasteiger partial charge in [0.05, 0.1) is 12.1 Å². The van der Waals surface area contributed by atoms with Crippen LogP contribution in [-0.4, -0.2) is 29.8 Å². The number of aromatic nitrogens is 1.